The molecule has 0 saturated carbocycles. The van der Waals surface area contributed by atoms with Gasteiger partial charge >= 0.3 is 6.18 Å². The molecule has 170 valence electrons. The van der Waals surface area contributed by atoms with Gasteiger partial charge in [0.05, 0.1) is 5.56 Å². The van der Waals surface area contributed by atoms with Crippen LogP contribution in [0.3, 0.4) is 0 Å². The third kappa shape index (κ3) is 5.01. The molecule has 1 aromatic carbocycles. The molecule has 2 aromatic rings. The van der Waals surface area contributed by atoms with E-state index in [2.05, 4.69) is 4.98 Å². The molecule has 0 amide bonds. The molecule has 1 fully saturated rings. The van der Waals surface area contributed by atoms with Gasteiger partial charge in [-0.25, -0.2) is 26.6 Å². The van der Waals surface area contributed by atoms with E-state index in [9.17, 15) is 34.8 Å². The van der Waals surface area contributed by atoms with Crippen molar-refractivity contribution in [1.29, 1.82) is 0 Å². The Morgan fingerprint density at radius 2 is 1.71 bits per heavy atom. The molecule has 0 aliphatic carbocycles. The number of rotatable bonds is 5. The number of aromatic nitrogens is 1. The Morgan fingerprint density at radius 1 is 1.10 bits per heavy atom. The molecule has 0 spiro atoms. The summed E-state index contributed by atoms with van der Waals surface area (Å²) in [5.41, 5.74) is 4.62. The molecule has 0 radical (unpaired) electrons. The summed E-state index contributed by atoms with van der Waals surface area (Å²) in [6.45, 7) is -0.205. The van der Waals surface area contributed by atoms with Crippen LogP contribution >= 0.6 is 0 Å². The number of piperidine rings is 1. The molecule has 0 bridgehead atoms. The summed E-state index contributed by atoms with van der Waals surface area (Å²) >= 11 is 0. The molecule has 1 saturated heterocycles. The minimum atomic E-state index is -4.88. The Labute approximate surface area is 174 Å². The van der Waals surface area contributed by atoms with Crippen LogP contribution in [0.1, 0.15) is 24.0 Å². The molecule has 1 aliphatic rings. The number of sulfonamides is 1. The van der Waals surface area contributed by atoms with Crippen molar-refractivity contribution in [3.8, 4) is 0 Å². The molecule has 1 aromatic heterocycles. The average molecular weight is 467 g/mol. The zero-order chi connectivity index (χ0) is 23.0. The van der Waals surface area contributed by atoms with Gasteiger partial charge in [0.15, 0.2) is 16.7 Å². The standard InChI is InChI=1S/C19H19F6N3O2S/c20-14-10-16(22)15(21)8-12(14)9-17(26)11-3-6-28(7-4-11)31(29,30)18-13(19(23,24)25)2-1-5-27-18/h1-2,5,8,10-11,17H,3-4,6-7,9,26H2/t17-/m1/s1. The predicted octanol–water partition coefficient (Wildman–Crippen LogP) is 3.49. The fourth-order valence-electron chi connectivity index (χ4n) is 3.62. The van der Waals surface area contributed by atoms with E-state index in [0.717, 1.165) is 22.6 Å². The minimum absolute atomic E-state index is 0.0983. The number of benzene rings is 1. The molecule has 2 heterocycles. The molecule has 1 atom stereocenters. The van der Waals surface area contributed by atoms with Crippen LogP contribution in [-0.4, -0.2) is 36.8 Å². The van der Waals surface area contributed by atoms with Crippen LogP contribution in [0.2, 0.25) is 0 Å². The summed E-state index contributed by atoms with van der Waals surface area (Å²) in [7, 11) is -4.49. The number of hydrogen-bond acceptors (Lipinski definition) is 4. The van der Waals surface area contributed by atoms with Crippen LogP contribution in [0.4, 0.5) is 26.3 Å². The first-order valence-corrected chi connectivity index (χ1v) is 10.8. The van der Waals surface area contributed by atoms with Crippen LogP contribution in [-0.2, 0) is 22.6 Å². The second-order valence-corrected chi connectivity index (χ2v) is 9.17. The van der Waals surface area contributed by atoms with E-state index in [1.165, 1.54) is 0 Å². The van der Waals surface area contributed by atoms with Gasteiger partial charge in [0.1, 0.15) is 5.82 Å². The van der Waals surface area contributed by atoms with Crippen molar-refractivity contribution in [2.24, 2.45) is 11.7 Å². The summed E-state index contributed by atoms with van der Waals surface area (Å²) in [6.07, 6.45) is -3.59. The average Bonchev–Trinajstić information content (AvgIpc) is 2.71. The van der Waals surface area contributed by atoms with Crippen LogP contribution in [0.25, 0.3) is 0 Å². The maximum absolute atomic E-state index is 13.8. The Balaban J connectivity index is 1.70. The molecule has 12 heteroatoms. The van der Waals surface area contributed by atoms with Crippen LogP contribution in [0, 0.1) is 23.4 Å². The van der Waals surface area contributed by atoms with Crippen molar-refractivity contribution < 1.29 is 34.8 Å². The SMILES string of the molecule is N[C@H](Cc1cc(F)c(F)cc1F)C1CCN(S(=O)(=O)c2ncccc2C(F)(F)F)CC1. The van der Waals surface area contributed by atoms with Gasteiger partial charge in [-0.1, -0.05) is 0 Å². The summed E-state index contributed by atoms with van der Waals surface area (Å²) in [5.74, 6) is -3.75. The van der Waals surface area contributed by atoms with Gasteiger partial charge < -0.3 is 5.73 Å². The number of hydrogen-bond donors (Lipinski definition) is 1. The third-order valence-electron chi connectivity index (χ3n) is 5.31. The first-order chi connectivity index (χ1) is 14.4. The normalized spacial score (nSPS) is 17.6. The third-order valence-corrected chi connectivity index (χ3v) is 7.17. The highest BCUT2D eigenvalue weighted by atomic mass is 32.2. The predicted molar refractivity (Wildman–Crippen MR) is 98.7 cm³/mol. The highest BCUT2D eigenvalue weighted by molar-refractivity contribution is 7.89. The van der Waals surface area contributed by atoms with Crippen molar-refractivity contribution >= 4 is 10.0 Å². The Hall–Kier alpha value is -2.18. The van der Waals surface area contributed by atoms with Gasteiger partial charge in [-0.15, -0.1) is 0 Å². The number of pyridine rings is 1. The number of halogens is 6. The molecule has 2 N–H and O–H groups in total. The Bertz CT molecular complexity index is 1050. The van der Waals surface area contributed by atoms with Crippen molar-refractivity contribution in [1.82, 2.24) is 9.29 Å². The molecule has 5 nitrogen and oxygen atoms in total. The molecule has 31 heavy (non-hydrogen) atoms. The lowest BCUT2D eigenvalue weighted by atomic mass is 9.87. The molecular formula is C19H19F6N3O2S. The zero-order valence-electron chi connectivity index (χ0n) is 16.0. The van der Waals surface area contributed by atoms with E-state index in [1.807, 2.05) is 0 Å². The summed E-state index contributed by atoms with van der Waals surface area (Å²) in [5, 5.41) is -1.06. The monoisotopic (exact) mass is 467 g/mol. The molecule has 0 unspecified atom stereocenters. The van der Waals surface area contributed by atoms with Gasteiger partial charge in [0, 0.05) is 31.4 Å². The summed E-state index contributed by atoms with van der Waals surface area (Å²) in [6, 6.07) is 2.13. The highest BCUT2D eigenvalue weighted by Crippen LogP contribution is 2.35. The Morgan fingerprint density at radius 3 is 2.32 bits per heavy atom. The van der Waals surface area contributed by atoms with Crippen molar-refractivity contribution in [3.63, 3.8) is 0 Å². The zero-order valence-corrected chi connectivity index (χ0v) is 16.9. The number of alkyl halides is 3. The largest absolute Gasteiger partial charge is 0.419 e. The molecular weight excluding hydrogens is 448 g/mol. The molecule has 3 rings (SSSR count). The van der Waals surface area contributed by atoms with Crippen LogP contribution in [0.15, 0.2) is 35.5 Å². The van der Waals surface area contributed by atoms with Gasteiger partial charge in [-0.05, 0) is 48.9 Å². The maximum Gasteiger partial charge on any atom is 0.419 e. The summed E-state index contributed by atoms with van der Waals surface area (Å²) in [4.78, 5) is 3.44. The molecule has 1 aliphatic heterocycles. The van der Waals surface area contributed by atoms with Crippen LogP contribution in [0.5, 0.6) is 0 Å². The first kappa shape index (κ1) is 23.5. The highest BCUT2D eigenvalue weighted by Gasteiger charge is 2.41. The van der Waals surface area contributed by atoms with E-state index < -0.39 is 50.3 Å². The number of nitrogens with zero attached hydrogens (tertiary/aromatic N) is 2. The first-order valence-electron chi connectivity index (χ1n) is 9.32. The maximum atomic E-state index is 13.8. The fraction of sp³-hybridized carbons (Fsp3) is 0.421. The minimum Gasteiger partial charge on any atom is -0.327 e. The van der Waals surface area contributed by atoms with Crippen molar-refractivity contribution in [2.45, 2.75) is 36.5 Å². The van der Waals surface area contributed by atoms with E-state index in [0.29, 0.717) is 12.1 Å². The van der Waals surface area contributed by atoms with Crippen molar-refractivity contribution in [2.75, 3.05) is 13.1 Å². The van der Waals surface area contributed by atoms with Crippen molar-refractivity contribution in [3.05, 3.63) is 59.0 Å². The lowest BCUT2D eigenvalue weighted by molar-refractivity contribution is -0.140. The van der Waals surface area contributed by atoms with E-state index in [-0.39, 0.29) is 43.8 Å². The fourth-order valence-corrected chi connectivity index (χ4v) is 5.21. The summed E-state index contributed by atoms with van der Waals surface area (Å²) < 4.78 is 106. The van der Waals surface area contributed by atoms with Crippen LogP contribution < -0.4 is 5.73 Å². The second-order valence-electron chi connectivity index (χ2n) is 7.32. The Kier molecular flexibility index (Phi) is 6.63. The smallest absolute Gasteiger partial charge is 0.327 e. The van der Waals surface area contributed by atoms with Gasteiger partial charge in [-0.2, -0.15) is 17.5 Å². The van der Waals surface area contributed by atoms with Gasteiger partial charge in [0.2, 0.25) is 0 Å². The van der Waals surface area contributed by atoms with Gasteiger partial charge in [-0.3, -0.25) is 0 Å². The lowest BCUT2D eigenvalue weighted by Crippen LogP contribution is -2.44. The second kappa shape index (κ2) is 8.75. The number of nitrogens with two attached hydrogens (primary N) is 1. The van der Waals surface area contributed by atoms with Gasteiger partial charge in [0.25, 0.3) is 10.0 Å². The topological polar surface area (TPSA) is 76.3 Å². The lowest BCUT2D eigenvalue weighted by Gasteiger charge is -2.34. The quantitative estimate of drug-likeness (QED) is 0.540. The van der Waals surface area contributed by atoms with E-state index >= 15 is 0 Å². The van der Waals surface area contributed by atoms with E-state index in [4.69, 9.17) is 5.73 Å². The van der Waals surface area contributed by atoms with E-state index in [1.54, 1.807) is 0 Å².